The smallest absolute Gasteiger partial charge is 0.142 e. The van der Waals surface area contributed by atoms with E-state index in [1.54, 1.807) is 20.4 Å². The van der Waals surface area contributed by atoms with E-state index < -0.39 is 0 Å². The monoisotopic (exact) mass is 239 g/mol. The number of hydrogen-bond donors (Lipinski definition) is 2. The lowest BCUT2D eigenvalue weighted by Crippen LogP contribution is -2.36. The van der Waals surface area contributed by atoms with Gasteiger partial charge in [0, 0.05) is 13.3 Å². The Morgan fingerprint density at radius 2 is 2.18 bits per heavy atom. The second-order valence-electron chi connectivity index (χ2n) is 4.48. The van der Waals surface area contributed by atoms with Crippen LogP contribution in [0.1, 0.15) is 32.0 Å². The summed E-state index contributed by atoms with van der Waals surface area (Å²) >= 11 is 0. The molecule has 0 saturated heterocycles. The van der Waals surface area contributed by atoms with Crippen molar-refractivity contribution < 1.29 is 9.47 Å². The summed E-state index contributed by atoms with van der Waals surface area (Å²) in [5.74, 6) is 6.31. The third-order valence-corrected chi connectivity index (χ3v) is 2.80. The number of aromatic nitrogens is 1. The lowest BCUT2D eigenvalue weighted by atomic mass is 9.96. The average Bonchev–Trinajstić information content (AvgIpc) is 2.36. The predicted molar refractivity (Wildman–Crippen MR) is 66.6 cm³/mol. The lowest BCUT2D eigenvalue weighted by Gasteiger charge is -2.28. The Bertz CT molecular complexity index is 355. The van der Waals surface area contributed by atoms with Crippen molar-refractivity contribution >= 4 is 0 Å². The van der Waals surface area contributed by atoms with Crippen molar-refractivity contribution in [3.05, 3.63) is 24.0 Å². The molecule has 0 aliphatic rings. The first-order valence-corrected chi connectivity index (χ1v) is 5.54. The van der Waals surface area contributed by atoms with Gasteiger partial charge in [-0.05, 0) is 32.4 Å². The third kappa shape index (κ3) is 3.66. The van der Waals surface area contributed by atoms with Crippen LogP contribution in [0.5, 0.6) is 5.75 Å². The Labute approximate surface area is 102 Å². The molecule has 0 aromatic carbocycles. The summed E-state index contributed by atoms with van der Waals surface area (Å²) < 4.78 is 10.7. The van der Waals surface area contributed by atoms with Gasteiger partial charge in [-0.1, -0.05) is 0 Å². The molecule has 0 aliphatic heterocycles. The highest BCUT2D eigenvalue weighted by atomic mass is 16.5. The van der Waals surface area contributed by atoms with Crippen LogP contribution >= 0.6 is 0 Å². The topological polar surface area (TPSA) is 69.4 Å². The van der Waals surface area contributed by atoms with E-state index in [1.165, 1.54) is 0 Å². The fourth-order valence-corrected chi connectivity index (χ4v) is 1.65. The Morgan fingerprint density at radius 1 is 1.47 bits per heavy atom. The van der Waals surface area contributed by atoms with E-state index in [1.807, 2.05) is 26.0 Å². The highest BCUT2D eigenvalue weighted by molar-refractivity contribution is 5.29. The number of nitrogens with zero attached hydrogens (tertiary/aromatic N) is 1. The van der Waals surface area contributed by atoms with E-state index in [0.29, 0.717) is 6.42 Å². The lowest BCUT2D eigenvalue weighted by molar-refractivity contribution is 0.00628. The van der Waals surface area contributed by atoms with E-state index in [-0.39, 0.29) is 11.6 Å². The minimum absolute atomic E-state index is 0.110. The van der Waals surface area contributed by atoms with E-state index in [4.69, 9.17) is 15.3 Å². The number of rotatable bonds is 6. The van der Waals surface area contributed by atoms with E-state index in [9.17, 15) is 0 Å². The summed E-state index contributed by atoms with van der Waals surface area (Å²) in [6.07, 6.45) is 2.43. The van der Waals surface area contributed by atoms with Gasteiger partial charge in [0.1, 0.15) is 11.4 Å². The van der Waals surface area contributed by atoms with Crippen LogP contribution in [-0.2, 0) is 4.74 Å². The molecule has 0 aliphatic carbocycles. The van der Waals surface area contributed by atoms with Gasteiger partial charge in [0.25, 0.3) is 0 Å². The van der Waals surface area contributed by atoms with Crippen molar-refractivity contribution in [1.29, 1.82) is 0 Å². The molecule has 0 amide bonds. The number of hydrazine groups is 1. The van der Waals surface area contributed by atoms with Crippen molar-refractivity contribution in [2.45, 2.75) is 31.9 Å². The highest BCUT2D eigenvalue weighted by Crippen LogP contribution is 2.29. The quantitative estimate of drug-likeness (QED) is 0.580. The molecule has 5 heteroatoms. The SMILES string of the molecule is COc1cccnc1C(CC(C)(C)OC)NN. The second-order valence-corrected chi connectivity index (χ2v) is 4.48. The molecule has 0 radical (unpaired) electrons. The fourth-order valence-electron chi connectivity index (χ4n) is 1.65. The maximum Gasteiger partial charge on any atom is 0.142 e. The molecule has 1 rings (SSSR count). The van der Waals surface area contributed by atoms with E-state index in [0.717, 1.165) is 11.4 Å². The maximum absolute atomic E-state index is 5.59. The molecular formula is C12H21N3O2. The largest absolute Gasteiger partial charge is 0.495 e. The summed E-state index contributed by atoms with van der Waals surface area (Å²) in [6.45, 7) is 4.01. The molecule has 96 valence electrons. The number of hydrogen-bond acceptors (Lipinski definition) is 5. The van der Waals surface area contributed by atoms with Crippen LogP contribution in [0.4, 0.5) is 0 Å². The molecule has 1 aromatic heterocycles. The van der Waals surface area contributed by atoms with Crippen LogP contribution in [0.3, 0.4) is 0 Å². The summed E-state index contributed by atoms with van der Waals surface area (Å²) in [6, 6.07) is 3.59. The Morgan fingerprint density at radius 3 is 2.71 bits per heavy atom. The number of pyridine rings is 1. The third-order valence-electron chi connectivity index (χ3n) is 2.80. The van der Waals surface area contributed by atoms with Gasteiger partial charge in [0.15, 0.2) is 0 Å². The molecule has 1 heterocycles. The molecule has 1 unspecified atom stereocenters. The standard InChI is InChI=1S/C12H21N3O2/c1-12(2,17-4)8-9(15-13)11-10(16-3)6-5-7-14-11/h5-7,9,15H,8,13H2,1-4H3. The molecular weight excluding hydrogens is 218 g/mol. The molecule has 1 aromatic rings. The molecule has 17 heavy (non-hydrogen) atoms. The molecule has 3 N–H and O–H groups in total. The van der Waals surface area contributed by atoms with Gasteiger partial charge in [-0.2, -0.15) is 0 Å². The Hall–Kier alpha value is -1.17. The zero-order valence-electron chi connectivity index (χ0n) is 10.9. The van der Waals surface area contributed by atoms with Gasteiger partial charge in [-0.3, -0.25) is 16.3 Å². The van der Waals surface area contributed by atoms with Crippen molar-refractivity contribution in [2.24, 2.45) is 5.84 Å². The van der Waals surface area contributed by atoms with Crippen LogP contribution in [0.2, 0.25) is 0 Å². The molecule has 0 saturated carbocycles. The van der Waals surface area contributed by atoms with Gasteiger partial charge in [-0.25, -0.2) is 0 Å². The van der Waals surface area contributed by atoms with Crippen LogP contribution < -0.4 is 16.0 Å². The summed E-state index contributed by atoms with van der Waals surface area (Å²) in [7, 11) is 3.30. The van der Waals surface area contributed by atoms with E-state index in [2.05, 4.69) is 10.4 Å². The maximum atomic E-state index is 5.59. The Balaban J connectivity index is 2.93. The Kier molecular flexibility index (Phi) is 4.86. The van der Waals surface area contributed by atoms with Crippen LogP contribution in [0.25, 0.3) is 0 Å². The van der Waals surface area contributed by atoms with Crippen LogP contribution in [0, 0.1) is 0 Å². The van der Waals surface area contributed by atoms with Crippen molar-refractivity contribution in [1.82, 2.24) is 10.4 Å². The first kappa shape index (κ1) is 13.9. The van der Waals surface area contributed by atoms with Gasteiger partial charge < -0.3 is 9.47 Å². The van der Waals surface area contributed by atoms with Crippen molar-refractivity contribution in [3.8, 4) is 5.75 Å². The number of methoxy groups -OCH3 is 2. The molecule has 1 atom stereocenters. The van der Waals surface area contributed by atoms with Crippen molar-refractivity contribution in [3.63, 3.8) is 0 Å². The van der Waals surface area contributed by atoms with Crippen LogP contribution in [0.15, 0.2) is 18.3 Å². The number of nitrogens with one attached hydrogen (secondary N) is 1. The van der Waals surface area contributed by atoms with Gasteiger partial charge in [-0.15, -0.1) is 0 Å². The minimum atomic E-state index is -0.278. The summed E-state index contributed by atoms with van der Waals surface area (Å²) in [4.78, 5) is 4.32. The van der Waals surface area contributed by atoms with Gasteiger partial charge in [0.05, 0.1) is 18.8 Å². The van der Waals surface area contributed by atoms with Crippen molar-refractivity contribution in [2.75, 3.05) is 14.2 Å². The zero-order valence-corrected chi connectivity index (χ0v) is 10.9. The molecule has 5 nitrogen and oxygen atoms in total. The summed E-state index contributed by atoms with van der Waals surface area (Å²) in [5, 5.41) is 0. The molecule has 0 bridgehead atoms. The first-order valence-electron chi connectivity index (χ1n) is 5.54. The normalized spacial score (nSPS) is 13.5. The molecule has 0 spiro atoms. The number of ether oxygens (including phenoxy) is 2. The van der Waals surface area contributed by atoms with Gasteiger partial charge >= 0.3 is 0 Å². The number of nitrogens with two attached hydrogens (primary N) is 1. The average molecular weight is 239 g/mol. The highest BCUT2D eigenvalue weighted by Gasteiger charge is 2.26. The van der Waals surface area contributed by atoms with Gasteiger partial charge in [0.2, 0.25) is 0 Å². The minimum Gasteiger partial charge on any atom is -0.495 e. The van der Waals surface area contributed by atoms with E-state index >= 15 is 0 Å². The first-order chi connectivity index (χ1) is 8.04. The second kappa shape index (κ2) is 5.95. The summed E-state index contributed by atoms with van der Waals surface area (Å²) in [5.41, 5.74) is 3.28. The fraction of sp³-hybridized carbons (Fsp3) is 0.583. The van der Waals surface area contributed by atoms with Crippen LogP contribution in [-0.4, -0.2) is 24.8 Å². The molecule has 0 fully saturated rings. The zero-order chi connectivity index (χ0) is 12.9. The predicted octanol–water partition coefficient (Wildman–Crippen LogP) is 1.41.